The minimum absolute atomic E-state index is 0.296. The number of nitrogens with zero attached hydrogens (tertiary/aromatic N) is 1. The number of hydrogen-bond donors (Lipinski definition) is 1. The van der Waals surface area contributed by atoms with Gasteiger partial charge in [0.25, 0.3) is 0 Å². The predicted molar refractivity (Wildman–Crippen MR) is 80.0 cm³/mol. The number of aromatic nitrogens is 1. The van der Waals surface area contributed by atoms with E-state index in [-0.39, 0.29) is 0 Å². The first-order valence-corrected chi connectivity index (χ1v) is 7.64. The zero-order valence-electron chi connectivity index (χ0n) is 12.8. The van der Waals surface area contributed by atoms with Gasteiger partial charge in [0.1, 0.15) is 5.75 Å². The molecule has 1 aliphatic rings. The van der Waals surface area contributed by atoms with Crippen molar-refractivity contribution >= 4 is 0 Å². The molecular formula is C16H26N2O2. The summed E-state index contributed by atoms with van der Waals surface area (Å²) in [7, 11) is 1.68. The van der Waals surface area contributed by atoms with Crippen LogP contribution in [0.4, 0.5) is 0 Å². The lowest BCUT2D eigenvalue weighted by Gasteiger charge is -2.28. The van der Waals surface area contributed by atoms with Gasteiger partial charge in [-0.25, -0.2) is 0 Å². The number of hydrogen-bond acceptors (Lipinski definition) is 4. The standard InChI is InChI=1S/C16H26N2O2/c1-4-7-18-16(14-6-8-20-15(14)5-2)12-9-13(19-3)11-17-10-12/h9-11,14-16,18H,4-8H2,1-3H3. The lowest BCUT2D eigenvalue weighted by atomic mass is 9.87. The molecule has 2 rings (SSSR count). The average molecular weight is 278 g/mol. The number of methoxy groups -OCH3 is 1. The van der Waals surface area contributed by atoms with Gasteiger partial charge in [-0.3, -0.25) is 4.98 Å². The van der Waals surface area contributed by atoms with E-state index < -0.39 is 0 Å². The van der Waals surface area contributed by atoms with Gasteiger partial charge in [0, 0.05) is 24.8 Å². The van der Waals surface area contributed by atoms with Crippen LogP contribution in [0.15, 0.2) is 18.5 Å². The maximum Gasteiger partial charge on any atom is 0.137 e. The van der Waals surface area contributed by atoms with E-state index in [4.69, 9.17) is 9.47 Å². The molecule has 0 amide bonds. The highest BCUT2D eigenvalue weighted by Crippen LogP contribution is 2.35. The van der Waals surface area contributed by atoms with Gasteiger partial charge in [-0.1, -0.05) is 13.8 Å². The highest BCUT2D eigenvalue weighted by Gasteiger charge is 2.34. The van der Waals surface area contributed by atoms with Crippen molar-refractivity contribution in [3.8, 4) is 5.75 Å². The fraction of sp³-hybridized carbons (Fsp3) is 0.688. The Morgan fingerprint density at radius 1 is 1.45 bits per heavy atom. The molecule has 1 fully saturated rings. The Morgan fingerprint density at radius 3 is 3.00 bits per heavy atom. The van der Waals surface area contributed by atoms with Crippen molar-refractivity contribution in [3.05, 3.63) is 24.0 Å². The Bertz CT molecular complexity index is 411. The molecule has 0 spiro atoms. The van der Waals surface area contributed by atoms with Crippen molar-refractivity contribution in [2.75, 3.05) is 20.3 Å². The van der Waals surface area contributed by atoms with Crippen molar-refractivity contribution < 1.29 is 9.47 Å². The van der Waals surface area contributed by atoms with Crippen molar-refractivity contribution in [2.45, 2.75) is 45.3 Å². The Morgan fingerprint density at radius 2 is 2.30 bits per heavy atom. The third kappa shape index (κ3) is 3.49. The maximum absolute atomic E-state index is 5.86. The van der Waals surface area contributed by atoms with E-state index in [2.05, 4.69) is 30.2 Å². The summed E-state index contributed by atoms with van der Waals surface area (Å²) in [5.41, 5.74) is 1.20. The van der Waals surface area contributed by atoms with Gasteiger partial charge in [0.2, 0.25) is 0 Å². The molecule has 3 atom stereocenters. The van der Waals surface area contributed by atoms with E-state index >= 15 is 0 Å². The predicted octanol–water partition coefficient (Wildman–Crippen LogP) is 2.95. The van der Waals surface area contributed by atoms with Gasteiger partial charge in [-0.2, -0.15) is 0 Å². The van der Waals surface area contributed by atoms with E-state index in [1.807, 2.05) is 6.20 Å². The highest BCUT2D eigenvalue weighted by atomic mass is 16.5. The van der Waals surface area contributed by atoms with Crippen LogP contribution >= 0.6 is 0 Å². The lowest BCUT2D eigenvalue weighted by Crippen LogP contribution is -2.33. The summed E-state index contributed by atoms with van der Waals surface area (Å²) >= 11 is 0. The van der Waals surface area contributed by atoms with Crippen molar-refractivity contribution in [1.82, 2.24) is 10.3 Å². The molecule has 3 unspecified atom stereocenters. The molecule has 112 valence electrons. The summed E-state index contributed by atoms with van der Waals surface area (Å²) in [5, 5.41) is 3.67. The van der Waals surface area contributed by atoms with Gasteiger partial charge in [-0.15, -0.1) is 0 Å². The number of nitrogens with one attached hydrogen (secondary N) is 1. The fourth-order valence-electron chi connectivity index (χ4n) is 3.00. The Balaban J connectivity index is 2.21. The molecule has 1 aromatic heterocycles. The smallest absolute Gasteiger partial charge is 0.137 e. The number of pyridine rings is 1. The first-order valence-electron chi connectivity index (χ1n) is 7.64. The van der Waals surface area contributed by atoms with Crippen molar-refractivity contribution in [2.24, 2.45) is 5.92 Å². The molecule has 2 heterocycles. The van der Waals surface area contributed by atoms with Crippen LogP contribution in [-0.4, -0.2) is 31.3 Å². The molecule has 1 N–H and O–H groups in total. The first kappa shape index (κ1) is 15.3. The monoisotopic (exact) mass is 278 g/mol. The molecule has 1 saturated heterocycles. The molecule has 0 aromatic carbocycles. The van der Waals surface area contributed by atoms with E-state index in [1.165, 1.54) is 5.56 Å². The molecule has 4 heteroatoms. The van der Waals surface area contributed by atoms with E-state index in [0.717, 1.165) is 38.2 Å². The summed E-state index contributed by atoms with van der Waals surface area (Å²) in [6.45, 7) is 6.26. The Hall–Kier alpha value is -1.13. The zero-order valence-corrected chi connectivity index (χ0v) is 12.8. The second kappa shape index (κ2) is 7.60. The summed E-state index contributed by atoms with van der Waals surface area (Å²) in [6.07, 6.45) is 7.33. The Labute approximate surface area is 121 Å². The van der Waals surface area contributed by atoms with Crippen molar-refractivity contribution in [3.63, 3.8) is 0 Å². The average Bonchev–Trinajstić information content (AvgIpc) is 2.96. The lowest BCUT2D eigenvalue weighted by molar-refractivity contribution is 0.0773. The quantitative estimate of drug-likeness (QED) is 0.833. The molecule has 0 aliphatic carbocycles. The van der Waals surface area contributed by atoms with E-state index in [0.29, 0.717) is 18.1 Å². The van der Waals surface area contributed by atoms with Crippen LogP contribution in [-0.2, 0) is 4.74 Å². The van der Waals surface area contributed by atoms with Crippen LogP contribution in [0.2, 0.25) is 0 Å². The van der Waals surface area contributed by atoms with Crippen LogP contribution in [0, 0.1) is 5.92 Å². The summed E-state index contributed by atoms with van der Waals surface area (Å²) in [5.74, 6) is 1.33. The highest BCUT2D eigenvalue weighted by molar-refractivity contribution is 5.26. The molecule has 4 nitrogen and oxygen atoms in total. The van der Waals surface area contributed by atoms with Gasteiger partial charge in [0.05, 0.1) is 19.4 Å². The normalized spacial score (nSPS) is 23.8. The van der Waals surface area contributed by atoms with E-state index in [1.54, 1.807) is 13.3 Å². The summed E-state index contributed by atoms with van der Waals surface area (Å²) < 4.78 is 11.2. The van der Waals surface area contributed by atoms with E-state index in [9.17, 15) is 0 Å². The number of rotatable bonds is 7. The van der Waals surface area contributed by atoms with Gasteiger partial charge < -0.3 is 14.8 Å². The third-order valence-corrected chi connectivity index (χ3v) is 4.03. The van der Waals surface area contributed by atoms with Gasteiger partial charge in [0.15, 0.2) is 0 Å². The molecular weight excluding hydrogens is 252 g/mol. The molecule has 0 saturated carbocycles. The van der Waals surface area contributed by atoms with Crippen LogP contribution in [0.25, 0.3) is 0 Å². The third-order valence-electron chi connectivity index (χ3n) is 4.03. The van der Waals surface area contributed by atoms with Crippen molar-refractivity contribution in [1.29, 1.82) is 0 Å². The Kier molecular flexibility index (Phi) is 5.80. The zero-order chi connectivity index (χ0) is 14.4. The summed E-state index contributed by atoms with van der Waals surface area (Å²) in [6, 6.07) is 2.38. The first-order chi connectivity index (χ1) is 9.80. The van der Waals surface area contributed by atoms with Crippen LogP contribution in [0.5, 0.6) is 5.75 Å². The van der Waals surface area contributed by atoms with Crippen LogP contribution < -0.4 is 10.1 Å². The van der Waals surface area contributed by atoms with Gasteiger partial charge in [-0.05, 0) is 37.4 Å². The minimum Gasteiger partial charge on any atom is -0.495 e. The van der Waals surface area contributed by atoms with Gasteiger partial charge >= 0.3 is 0 Å². The van der Waals surface area contributed by atoms with Crippen LogP contribution in [0.3, 0.4) is 0 Å². The topological polar surface area (TPSA) is 43.4 Å². The second-order valence-corrected chi connectivity index (χ2v) is 5.36. The fourth-order valence-corrected chi connectivity index (χ4v) is 3.00. The summed E-state index contributed by atoms with van der Waals surface area (Å²) in [4.78, 5) is 4.30. The second-order valence-electron chi connectivity index (χ2n) is 5.36. The molecule has 20 heavy (non-hydrogen) atoms. The van der Waals surface area contributed by atoms with Crippen LogP contribution in [0.1, 0.15) is 44.7 Å². The maximum atomic E-state index is 5.86. The SMILES string of the molecule is CCCNC(c1cncc(OC)c1)C1CCOC1CC. The molecule has 0 bridgehead atoms. The minimum atomic E-state index is 0.296. The molecule has 1 aromatic rings. The molecule has 1 aliphatic heterocycles. The largest absolute Gasteiger partial charge is 0.495 e. The molecule has 0 radical (unpaired) electrons. The number of ether oxygens (including phenoxy) is 2.